The van der Waals surface area contributed by atoms with Crippen LogP contribution in [0.15, 0.2) is 12.3 Å². The number of carbonyl (C=O) groups is 3. The normalized spacial score (nSPS) is 16.4. The van der Waals surface area contributed by atoms with Gasteiger partial charge in [-0.05, 0) is 18.9 Å². The molecule has 3 atom stereocenters. The number of rotatable bonds is 20. The molecule has 0 aromatic rings. The Morgan fingerprint density at radius 1 is 0.688 bits per heavy atom. The number of hydrogen-bond acceptors (Lipinski definition) is 3. The molecule has 0 aliphatic carbocycles. The van der Waals surface area contributed by atoms with E-state index in [0.717, 1.165) is 12.8 Å². The van der Waals surface area contributed by atoms with Crippen molar-refractivity contribution in [3.8, 4) is 0 Å². The van der Waals surface area contributed by atoms with Crippen LogP contribution in [0.3, 0.4) is 0 Å². The third-order valence-corrected chi connectivity index (χ3v) is 6.43. The lowest BCUT2D eigenvalue weighted by Gasteiger charge is -2.37. The van der Waals surface area contributed by atoms with E-state index in [9.17, 15) is 29.7 Å². The van der Waals surface area contributed by atoms with Gasteiger partial charge < -0.3 is 15.3 Å². The van der Waals surface area contributed by atoms with E-state index in [1.165, 1.54) is 32.1 Å². The number of unbranched alkanes of at least 4 members (excludes halogenated alkanes) is 6. The van der Waals surface area contributed by atoms with E-state index < -0.39 is 35.7 Å². The third-order valence-electron chi connectivity index (χ3n) is 6.43. The average molecular weight is 457 g/mol. The smallest absolute Gasteiger partial charge is 0.306 e. The molecule has 0 saturated heterocycles. The first-order valence-corrected chi connectivity index (χ1v) is 12.3. The van der Waals surface area contributed by atoms with Crippen molar-refractivity contribution in [2.45, 2.75) is 91.9 Å². The summed E-state index contributed by atoms with van der Waals surface area (Å²) < 4.78 is 0.433. The number of hydrogen-bond donors (Lipinski definition) is 3. The highest BCUT2D eigenvalue weighted by molar-refractivity contribution is 5.70. The highest BCUT2D eigenvalue weighted by atomic mass is 16.4. The molecule has 0 aliphatic rings. The Hall–Kier alpha value is -1.89. The number of quaternary nitrogens is 1. The average Bonchev–Trinajstić information content (AvgIpc) is 2.75. The molecule has 0 bridgehead atoms. The fourth-order valence-corrected chi connectivity index (χ4v) is 3.62. The van der Waals surface area contributed by atoms with Crippen molar-refractivity contribution in [2.24, 2.45) is 17.8 Å². The van der Waals surface area contributed by atoms with Crippen molar-refractivity contribution in [2.75, 3.05) is 19.6 Å². The van der Waals surface area contributed by atoms with Crippen LogP contribution >= 0.6 is 0 Å². The van der Waals surface area contributed by atoms with Gasteiger partial charge in [0.25, 0.3) is 0 Å². The van der Waals surface area contributed by atoms with Crippen molar-refractivity contribution < 1.29 is 34.2 Å². The largest absolute Gasteiger partial charge is 0.481 e. The van der Waals surface area contributed by atoms with Gasteiger partial charge in [0.15, 0.2) is 0 Å². The molecule has 0 heterocycles. The molecule has 3 N–H and O–H groups in total. The molecule has 0 radical (unpaired) electrons. The van der Waals surface area contributed by atoms with Gasteiger partial charge >= 0.3 is 17.9 Å². The molecule has 3 unspecified atom stereocenters. The van der Waals surface area contributed by atoms with Crippen molar-refractivity contribution in [1.29, 1.82) is 0 Å². The Bertz CT molecular complexity index is 529. The number of carboxylic acids is 3. The molecule has 0 fully saturated rings. The highest BCUT2D eigenvalue weighted by Gasteiger charge is 2.30. The zero-order chi connectivity index (χ0) is 24.6. The van der Waals surface area contributed by atoms with Crippen LogP contribution in [0.25, 0.3) is 0 Å². The van der Waals surface area contributed by atoms with E-state index in [1.54, 1.807) is 20.8 Å². The Morgan fingerprint density at radius 3 is 1.44 bits per heavy atom. The molecule has 186 valence electrons. The Balaban J connectivity index is 5.36. The summed E-state index contributed by atoms with van der Waals surface area (Å²) in [5.41, 5.74) is 0. The summed E-state index contributed by atoms with van der Waals surface area (Å²) in [5.74, 6) is -4.07. The second-order valence-electron chi connectivity index (χ2n) is 9.41. The van der Waals surface area contributed by atoms with E-state index in [0.29, 0.717) is 43.4 Å². The predicted molar refractivity (Wildman–Crippen MR) is 126 cm³/mol. The van der Waals surface area contributed by atoms with Gasteiger partial charge in [0.2, 0.25) is 0 Å². The highest BCUT2D eigenvalue weighted by Crippen LogP contribution is 2.21. The standard InChI is InChI=1S/C25H45NO6/c1-5-6-7-8-9-10-11-12-16-26(17-13-20(2)23(27)28,18-14-21(3)24(29)30)19-15-22(4)25(31)32/h12,16,20-22H,5-11,13-15,17-19H2,1-4H3,(H2-,27,28,29,30,31,32)/p+1/b16-12+. The molecular formula is C25H46NO6+. The second-order valence-corrected chi connectivity index (χ2v) is 9.41. The fraction of sp³-hybridized carbons (Fsp3) is 0.800. The maximum Gasteiger partial charge on any atom is 0.306 e. The first-order chi connectivity index (χ1) is 15.0. The summed E-state index contributed by atoms with van der Waals surface area (Å²) in [6.07, 6.45) is 13.7. The minimum absolute atomic E-state index is 0.433. The lowest BCUT2D eigenvalue weighted by Crippen LogP contribution is -2.47. The van der Waals surface area contributed by atoms with Crippen LogP contribution in [-0.4, -0.2) is 57.3 Å². The van der Waals surface area contributed by atoms with Crippen molar-refractivity contribution in [3.05, 3.63) is 12.3 Å². The van der Waals surface area contributed by atoms with Gasteiger partial charge in [-0.25, -0.2) is 0 Å². The maximum absolute atomic E-state index is 11.4. The van der Waals surface area contributed by atoms with Crippen LogP contribution in [-0.2, 0) is 14.4 Å². The van der Waals surface area contributed by atoms with E-state index in [1.807, 2.05) is 0 Å². The molecular weight excluding hydrogens is 410 g/mol. The SMILES string of the molecule is CCCCCCCC/C=C/[N+](CCC(C)C(=O)O)(CCC(C)C(=O)O)CCC(C)C(=O)O. The minimum Gasteiger partial charge on any atom is -0.481 e. The summed E-state index contributed by atoms with van der Waals surface area (Å²) >= 11 is 0. The Kier molecular flexibility index (Phi) is 15.7. The fourth-order valence-electron chi connectivity index (χ4n) is 3.62. The van der Waals surface area contributed by atoms with E-state index in [-0.39, 0.29) is 0 Å². The van der Waals surface area contributed by atoms with Crippen molar-refractivity contribution in [1.82, 2.24) is 0 Å². The summed E-state index contributed by atoms with van der Waals surface area (Å²) in [4.78, 5) is 34.1. The summed E-state index contributed by atoms with van der Waals surface area (Å²) in [5, 5.41) is 27.9. The lowest BCUT2D eigenvalue weighted by molar-refractivity contribution is -0.881. The molecule has 0 saturated carbocycles. The summed E-state index contributed by atoms with van der Waals surface area (Å²) in [6, 6.07) is 0. The first kappa shape index (κ1) is 30.1. The number of carboxylic acid groups (broad SMARTS) is 3. The molecule has 0 spiro atoms. The van der Waals surface area contributed by atoms with Gasteiger partial charge in [0, 0.05) is 19.3 Å². The Morgan fingerprint density at radius 2 is 1.06 bits per heavy atom. The van der Waals surface area contributed by atoms with Crippen LogP contribution in [0, 0.1) is 17.8 Å². The zero-order valence-corrected chi connectivity index (χ0v) is 20.6. The minimum atomic E-state index is -0.850. The number of aliphatic carboxylic acids is 3. The first-order valence-electron chi connectivity index (χ1n) is 12.3. The van der Waals surface area contributed by atoms with Crippen LogP contribution in [0.5, 0.6) is 0 Å². The molecule has 0 rings (SSSR count). The topological polar surface area (TPSA) is 112 Å². The quantitative estimate of drug-likeness (QED) is 0.167. The number of allylic oxidation sites excluding steroid dienone is 1. The van der Waals surface area contributed by atoms with Gasteiger partial charge in [0.1, 0.15) is 0 Å². The molecule has 0 aromatic heterocycles. The van der Waals surface area contributed by atoms with Crippen LogP contribution in [0.2, 0.25) is 0 Å². The molecule has 7 heteroatoms. The molecule has 0 aliphatic heterocycles. The molecule has 0 amide bonds. The van der Waals surface area contributed by atoms with Crippen molar-refractivity contribution in [3.63, 3.8) is 0 Å². The lowest BCUT2D eigenvalue weighted by atomic mass is 10.0. The van der Waals surface area contributed by atoms with Crippen LogP contribution in [0.4, 0.5) is 0 Å². The third kappa shape index (κ3) is 13.5. The summed E-state index contributed by atoms with van der Waals surface area (Å²) in [6.45, 7) is 8.89. The van der Waals surface area contributed by atoms with Gasteiger partial charge in [-0.2, -0.15) is 0 Å². The van der Waals surface area contributed by atoms with Crippen molar-refractivity contribution >= 4 is 17.9 Å². The van der Waals surface area contributed by atoms with Gasteiger partial charge in [-0.1, -0.05) is 59.8 Å². The molecule has 32 heavy (non-hydrogen) atoms. The monoisotopic (exact) mass is 456 g/mol. The van der Waals surface area contributed by atoms with Crippen LogP contribution in [0.1, 0.15) is 91.9 Å². The van der Waals surface area contributed by atoms with E-state index in [4.69, 9.17) is 0 Å². The van der Waals surface area contributed by atoms with Gasteiger partial charge in [-0.15, -0.1) is 0 Å². The second kappa shape index (κ2) is 16.7. The van der Waals surface area contributed by atoms with E-state index in [2.05, 4.69) is 19.2 Å². The molecule has 0 aromatic carbocycles. The Labute approximate surface area is 194 Å². The van der Waals surface area contributed by atoms with E-state index >= 15 is 0 Å². The molecule has 7 nitrogen and oxygen atoms in total. The van der Waals surface area contributed by atoms with Gasteiger partial charge in [0.05, 0.1) is 43.6 Å². The van der Waals surface area contributed by atoms with Gasteiger partial charge in [-0.3, -0.25) is 18.9 Å². The number of nitrogens with zero attached hydrogens (tertiary/aromatic N) is 1. The van der Waals surface area contributed by atoms with Crippen LogP contribution < -0.4 is 0 Å². The zero-order valence-electron chi connectivity index (χ0n) is 20.6. The summed E-state index contributed by atoms with van der Waals surface area (Å²) in [7, 11) is 0. The maximum atomic E-state index is 11.4. The predicted octanol–water partition coefficient (Wildman–Crippen LogP) is 5.40.